The fourth-order valence-electron chi connectivity index (χ4n) is 1.83. The standard InChI is InChI=1S/C11H12ClF2NO2/c1-16-7-4-3-6(8(12)9(7)17-2)10(15)5-11(10,13)14/h3-4H,5,15H2,1-2H3. The largest absolute Gasteiger partial charge is 0.493 e. The second-order valence-corrected chi connectivity index (χ2v) is 4.39. The van der Waals surface area contributed by atoms with Crippen LogP contribution < -0.4 is 15.2 Å². The van der Waals surface area contributed by atoms with Crippen molar-refractivity contribution in [2.45, 2.75) is 17.9 Å². The third-order valence-corrected chi connectivity index (χ3v) is 3.37. The van der Waals surface area contributed by atoms with E-state index in [1.54, 1.807) is 0 Å². The van der Waals surface area contributed by atoms with Gasteiger partial charge < -0.3 is 15.2 Å². The minimum absolute atomic E-state index is 0.0755. The Morgan fingerprint density at radius 3 is 2.29 bits per heavy atom. The predicted octanol–water partition coefficient (Wildman–Crippen LogP) is 2.55. The molecule has 1 aromatic rings. The van der Waals surface area contributed by atoms with E-state index in [1.807, 2.05) is 0 Å². The number of halogens is 3. The van der Waals surface area contributed by atoms with Crippen molar-refractivity contribution >= 4 is 11.6 Å². The van der Waals surface area contributed by atoms with Gasteiger partial charge in [-0.05, 0) is 6.07 Å². The second kappa shape index (κ2) is 3.71. The van der Waals surface area contributed by atoms with E-state index in [0.717, 1.165) is 0 Å². The van der Waals surface area contributed by atoms with Crippen LogP contribution in [0.5, 0.6) is 11.5 Å². The Labute approximate surface area is 102 Å². The maximum atomic E-state index is 13.2. The van der Waals surface area contributed by atoms with E-state index in [9.17, 15) is 8.78 Å². The summed E-state index contributed by atoms with van der Waals surface area (Å²) in [4.78, 5) is 0. The Morgan fingerprint density at radius 1 is 1.29 bits per heavy atom. The second-order valence-electron chi connectivity index (χ2n) is 4.02. The summed E-state index contributed by atoms with van der Waals surface area (Å²) < 4.78 is 36.5. The third-order valence-electron chi connectivity index (χ3n) is 2.99. The molecule has 0 radical (unpaired) electrons. The fourth-order valence-corrected chi connectivity index (χ4v) is 2.23. The lowest BCUT2D eigenvalue weighted by Crippen LogP contribution is -2.27. The number of hydrogen-bond donors (Lipinski definition) is 1. The summed E-state index contributed by atoms with van der Waals surface area (Å²) in [5.41, 5.74) is 4.12. The highest BCUT2D eigenvalue weighted by Crippen LogP contribution is 2.60. The zero-order chi connectivity index (χ0) is 12.8. The van der Waals surface area contributed by atoms with Gasteiger partial charge in [-0.2, -0.15) is 0 Å². The van der Waals surface area contributed by atoms with E-state index in [4.69, 9.17) is 26.8 Å². The molecule has 94 valence electrons. The van der Waals surface area contributed by atoms with Crippen molar-refractivity contribution in [1.29, 1.82) is 0 Å². The SMILES string of the molecule is COc1ccc(C2(N)CC2(F)F)c(Cl)c1OC. The van der Waals surface area contributed by atoms with Crippen LogP contribution in [-0.2, 0) is 5.54 Å². The summed E-state index contributed by atoms with van der Waals surface area (Å²) in [6, 6.07) is 2.97. The highest BCUT2D eigenvalue weighted by molar-refractivity contribution is 6.33. The van der Waals surface area contributed by atoms with E-state index in [1.165, 1.54) is 26.4 Å². The minimum atomic E-state index is -2.92. The van der Waals surface area contributed by atoms with Crippen LogP contribution in [0.1, 0.15) is 12.0 Å². The van der Waals surface area contributed by atoms with Gasteiger partial charge in [0, 0.05) is 12.0 Å². The lowest BCUT2D eigenvalue weighted by Gasteiger charge is -2.17. The van der Waals surface area contributed by atoms with Crippen LogP contribution in [0.3, 0.4) is 0 Å². The maximum Gasteiger partial charge on any atom is 0.272 e. The lowest BCUT2D eigenvalue weighted by atomic mass is 10.0. The summed E-state index contributed by atoms with van der Waals surface area (Å²) in [5.74, 6) is -2.32. The molecule has 1 aromatic carbocycles. The molecule has 1 saturated carbocycles. The third kappa shape index (κ3) is 1.65. The molecule has 0 spiro atoms. The first-order valence-corrected chi connectivity index (χ1v) is 5.33. The van der Waals surface area contributed by atoms with E-state index < -0.39 is 17.9 Å². The van der Waals surface area contributed by atoms with E-state index >= 15 is 0 Å². The number of methoxy groups -OCH3 is 2. The highest BCUT2D eigenvalue weighted by atomic mass is 35.5. The molecule has 2 rings (SSSR count). The van der Waals surface area contributed by atoms with E-state index in [2.05, 4.69) is 0 Å². The number of hydrogen-bond acceptors (Lipinski definition) is 3. The van der Waals surface area contributed by atoms with Crippen LogP contribution in [0.15, 0.2) is 12.1 Å². The van der Waals surface area contributed by atoms with Gasteiger partial charge >= 0.3 is 0 Å². The Morgan fingerprint density at radius 2 is 1.88 bits per heavy atom. The Balaban J connectivity index is 2.52. The molecule has 1 fully saturated rings. The number of alkyl halides is 2. The number of benzene rings is 1. The molecular weight excluding hydrogens is 252 g/mol. The summed E-state index contributed by atoms with van der Waals surface area (Å²) >= 11 is 6.03. The molecule has 0 bridgehead atoms. The summed E-state index contributed by atoms with van der Waals surface area (Å²) in [6.07, 6.45) is -0.408. The van der Waals surface area contributed by atoms with E-state index in [-0.39, 0.29) is 16.3 Å². The monoisotopic (exact) mass is 263 g/mol. The number of ether oxygens (including phenoxy) is 2. The topological polar surface area (TPSA) is 44.5 Å². The van der Waals surface area contributed by atoms with Crippen LogP contribution in [0.2, 0.25) is 5.02 Å². The Kier molecular flexibility index (Phi) is 2.71. The Hall–Kier alpha value is -1.07. The van der Waals surface area contributed by atoms with Crippen LogP contribution in [-0.4, -0.2) is 20.1 Å². The molecule has 1 aliphatic carbocycles. The van der Waals surface area contributed by atoms with E-state index in [0.29, 0.717) is 5.75 Å². The molecule has 3 nitrogen and oxygen atoms in total. The van der Waals surface area contributed by atoms with Crippen molar-refractivity contribution in [3.05, 3.63) is 22.7 Å². The summed E-state index contributed by atoms with van der Waals surface area (Å²) in [7, 11) is 2.83. The van der Waals surface area contributed by atoms with Gasteiger partial charge in [0.25, 0.3) is 5.92 Å². The zero-order valence-corrected chi connectivity index (χ0v) is 10.1. The van der Waals surface area contributed by atoms with Crippen molar-refractivity contribution in [1.82, 2.24) is 0 Å². The van der Waals surface area contributed by atoms with Crippen LogP contribution in [0, 0.1) is 0 Å². The summed E-state index contributed by atoms with van der Waals surface area (Å²) in [5, 5.41) is 0.0755. The van der Waals surface area contributed by atoms with Gasteiger partial charge in [-0.1, -0.05) is 17.7 Å². The fraction of sp³-hybridized carbons (Fsp3) is 0.455. The van der Waals surface area contributed by atoms with Crippen LogP contribution in [0.4, 0.5) is 8.78 Å². The van der Waals surface area contributed by atoms with Gasteiger partial charge in [-0.15, -0.1) is 0 Å². The lowest BCUT2D eigenvalue weighted by molar-refractivity contribution is 0.0890. The average Bonchev–Trinajstić information content (AvgIpc) is 2.78. The first-order valence-electron chi connectivity index (χ1n) is 4.95. The Bertz CT molecular complexity index is 467. The number of nitrogens with two attached hydrogens (primary N) is 1. The molecule has 1 atom stereocenters. The first-order chi connectivity index (χ1) is 7.87. The minimum Gasteiger partial charge on any atom is -0.493 e. The summed E-state index contributed by atoms with van der Waals surface area (Å²) in [6.45, 7) is 0. The molecule has 0 saturated heterocycles. The molecule has 0 aliphatic heterocycles. The van der Waals surface area contributed by atoms with Crippen molar-refractivity contribution in [3.63, 3.8) is 0 Å². The first kappa shape index (κ1) is 12.4. The molecule has 0 amide bonds. The molecule has 1 unspecified atom stereocenters. The van der Waals surface area contributed by atoms with Gasteiger partial charge in [0.1, 0.15) is 5.54 Å². The maximum absolute atomic E-state index is 13.2. The molecular formula is C11H12ClF2NO2. The van der Waals surface area contributed by atoms with Crippen LogP contribution in [0.25, 0.3) is 0 Å². The highest BCUT2D eigenvalue weighted by Gasteiger charge is 2.70. The molecule has 0 heterocycles. The van der Waals surface area contributed by atoms with Gasteiger partial charge in [0.15, 0.2) is 11.5 Å². The molecule has 6 heteroatoms. The van der Waals surface area contributed by atoms with Crippen molar-refractivity contribution in [2.24, 2.45) is 5.73 Å². The molecule has 0 aromatic heterocycles. The normalized spacial score (nSPS) is 25.5. The van der Waals surface area contributed by atoms with Gasteiger partial charge in [-0.25, -0.2) is 8.78 Å². The molecule has 17 heavy (non-hydrogen) atoms. The molecule has 1 aliphatic rings. The van der Waals surface area contributed by atoms with Crippen molar-refractivity contribution in [2.75, 3.05) is 14.2 Å². The van der Waals surface area contributed by atoms with Gasteiger partial charge in [-0.3, -0.25) is 0 Å². The number of rotatable bonds is 3. The van der Waals surface area contributed by atoms with Crippen LogP contribution >= 0.6 is 11.6 Å². The molecule has 2 N–H and O–H groups in total. The van der Waals surface area contributed by atoms with Gasteiger partial charge in [0.2, 0.25) is 0 Å². The zero-order valence-electron chi connectivity index (χ0n) is 9.39. The average molecular weight is 264 g/mol. The quantitative estimate of drug-likeness (QED) is 0.911. The van der Waals surface area contributed by atoms with Crippen molar-refractivity contribution < 1.29 is 18.3 Å². The smallest absolute Gasteiger partial charge is 0.272 e. The van der Waals surface area contributed by atoms with Crippen molar-refractivity contribution in [3.8, 4) is 11.5 Å². The van der Waals surface area contributed by atoms with Gasteiger partial charge in [0.05, 0.1) is 19.2 Å². The predicted molar refractivity (Wildman–Crippen MR) is 60.0 cm³/mol.